The van der Waals surface area contributed by atoms with Gasteiger partial charge in [0.15, 0.2) is 5.65 Å². The molecule has 0 aliphatic carbocycles. The van der Waals surface area contributed by atoms with Crippen molar-refractivity contribution >= 4 is 29.1 Å². The molecular weight excluding hydrogens is 520 g/mol. The molecule has 0 radical (unpaired) electrons. The Morgan fingerprint density at radius 1 is 0.976 bits per heavy atom. The van der Waals surface area contributed by atoms with E-state index in [1.165, 1.54) is 44.9 Å². The van der Waals surface area contributed by atoms with Crippen LogP contribution in [-0.4, -0.2) is 50.7 Å². The number of carbonyl (C=O) groups is 2. The lowest BCUT2D eigenvalue weighted by molar-refractivity contribution is -0.149. The summed E-state index contributed by atoms with van der Waals surface area (Å²) in [4.78, 5) is 37.2. The van der Waals surface area contributed by atoms with E-state index in [0.29, 0.717) is 30.6 Å². The minimum atomic E-state index is -0.688. The first-order valence-corrected chi connectivity index (χ1v) is 15.5. The quantitative estimate of drug-likeness (QED) is 0.102. The normalized spacial score (nSPS) is 13.2. The molecule has 0 amide bonds. The van der Waals surface area contributed by atoms with Gasteiger partial charge >= 0.3 is 11.9 Å². The summed E-state index contributed by atoms with van der Waals surface area (Å²) in [7, 11) is 0. The number of allylic oxidation sites excluding steroid dienone is 2. The van der Waals surface area contributed by atoms with Gasteiger partial charge in [0.1, 0.15) is 11.6 Å². The van der Waals surface area contributed by atoms with Crippen molar-refractivity contribution in [3.8, 4) is 0 Å². The molecule has 230 valence electrons. The number of hydrogen-bond donors (Lipinski definition) is 2. The predicted molar refractivity (Wildman–Crippen MR) is 163 cm³/mol. The Morgan fingerprint density at radius 3 is 2.37 bits per heavy atom. The van der Waals surface area contributed by atoms with Gasteiger partial charge in [0.05, 0.1) is 25.7 Å². The van der Waals surface area contributed by atoms with Crippen LogP contribution in [0.25, 0.3) is 11.2 Å². The number of ether oxygens (including phenoxy) is 2. The van der Waals surface area contributed by atoms with E-state index in [2.05, 4.69) is 34.0 Å². The van der Waals surface area contributed by atoms with Crippen molar-refractivity contribution < 1.29 is 19.1 Å². The minimum absolute atomic E-state index is 0.0267. The van der Waals surface area contributed by atoms with Gasteiger partial charge in [-0.3, -0.25) is 9.59 Å². The number of nitrogens with zero attached hydrogens (tertiary/aromatic N) is 4. The topological polar surface area (TPSA) is 148 Å². The summed E-state index contributed by atoms with van der Waals surface area (Å²) >= 11 is 0. The van der Waals surface area contributed by atoms with Gasteiger partial charge < -0.3 is 25.5 Å². The highest BCUT2D eigenvalue weighted by atomic mass is 16.5. The van der Waals surface area contributed by atoms with Gasteiger partial charge in [-0.1, -0.05) is 71.4 Å². The van der Waals surface area contributed by atoms with Gasteiger partial charge in [0.25, 0.3) is 0 Å². The van der Waals surface area contributed by atoms with Crippen molar-refractivity contribution in [1.29, 1.82) is 0 Å². The molecule has 0 aliphatic heterocycles. The number of anilines is 1. The first kappa shape index (κ1) is 34.2. The summed E-state index contributed by atoms with van der Waals surface area (Å²) in [5.74, 6) is -0.639. The lowest BCUT2D eigenvalue weighted by atomic mass is 10.1. The monoisotopic (exact) mass is 572 g/mol. The standard InChI is InChI=1S/C31H52N6O4/c1-4-5-6-7-8-9-10-11-12-13-14-15-16-17-27(38)40-19-18-25(22-41-30(39)28(32)24(2)3)21-37-23-35-26-20-34-31(33)36-29(26)37/h9-10,20,23-25,28H,4-8,11-19,21-22,32H2,1-3H3,(H2,33,34,36)/b10-9+/t25-,28+/m1/s1. The third kappa shape index (κ3) is 13.9. The third-order valence-electron chi connectivity index (χ3n) is 7.22. The maximum atomic E-state index is 12.3. The Labute approximate surface area is 245 Å². The van der Waals surface area contributed by atoms with E-state index >= 15 is 0 Å². The molecule has 4 N–H and O–H groups in total. The average molecular weight is 573 g/mol. The summed E-state index contributed by atoms with van der Waals surface area (Å²) in [6, 6.07) is -0.688. The summed E-state index contributed by atoms with van der Waals surface area (Å²) in [5.41, 5.74) is 12.9. The Balaban J connectivity index is 1.69. The third-order valence-corrected chi connectivity index (χ3v) is 7.22. The van der Waals surface area contributed by atoms with Crippen molar-refractivity contribution in [2.75, 3.05) is 18.9 Å². The molecule has 10 nitrogen and oxygen atoms in total. The first-order chi connectivity index (χ1) is 19.8. The van der Waals surface area contributed by atoms with Crippen LogP contribution in [0.2, 0.25) is 0 Å². The maximum absolute atomic E-state index is 12.3. The number of fused-ring (bicyclic) bond motifs is 1. The number of imidazole rings is 1. The number of unbranched alkanes of at least 4 members (excludes halogenated alkanes) is 9. The van der Waals surface area contributed by atoms with Crippen molar-refractivity contribution in [3.63, 3.8) is 0 Å². The van der Waals surface area contributed by atoms with Crippen LogP contribution in [0.15, 0.2) is 24.7 Å². The summed E-state index contributed by atoms with van der Waals surface area (Å²) < 4.78 is 12.9. The molecule has 2 atom stereocenters. The van der Waals surface area contributed by atoms with Gasteiger partial charge in [-0.25, -0.2) is 9.97 Å². The van der Waals surface area contributed by atoms with Gasteiger partial charge in [0.2, 0.25) is 5.95 Å². The largest absolute Gasteiger partial charge is 0.466 e. The lowest BCUT2D eigenvalue weighted by Gasteiger charge is -2.20. The van der Waals surface area contributed by atoms with Crippen LogP contribution < -0.4 is 11.5 Å². The Morgan fingerprint density at radius 2 is 1.66 bits per heavy atom. The van der Waals surface area contributed by atoms with E-state index in [0.717, 1.165) is 25.7 Å². The molecule has 0 saturated heterocycles. The van der Waals surface area contributed by atoms with Gasteiger partial charge in [0, 0.05) is 18.9 Å². The second-order valence-electron chi connectivity index (χ2n) is 11.2. The Hall–Kier alpha value is -3.01. The highest BCUT2D eigenvalue weighted by Gasteiger charge is 2.22. The zero-order chi connectivity index (χ0) is 29.9. The van der Waals surface area contributed by atoms with E-state index < -0.39 is 12.0 Å². The van der Waals surface area contributed by atoms with E-state index in [9.17, 15) is 9.59 Å². The van der Waals surface area contributed by atoms with Crippen LogP contribution in [-0.2, 0) is 25.6 Å². The van der Waals surface area contributed by atoms with Crippen LogP contribution >= 0.6 is 0 Å². The molecule has 0 fully saturated rings. The zero-order valence-electron chi connectivity index (χ0n) is 25.4. The molecule has 0 bridgehead atoms. The number of carbonyl (C=O) groups excluding carboxylic acids is 2. The number of aromatic nitrogens is 4. The summed E-state index contributed by atoms with van der Waals surface area (Å²) in [6.07, 6.45) is 21.8. The molecule has 41 heavy (non-hydrogen) atoms. The van der Waals surface area contributed by atoms with E-state index in [-0.39, 0.29) is 37.0 Å². The number of nitrogen functional groups attached to an aromatic ring is 1. The van der Waals surface area contributed by atoms with E-state index in [1.54, 1.807) is 12.5 Å². The zero-order valence-corrected chi connectivity index (χ0v) is 25.4. The first-order valence-electron chi connectivity index (χ1n) is 15.5. The molecule has 0 unspecified atom stereocenters. The average Bonchev–Trinajstić information content (AvgIpc) is 3.34. The van der Waals surface area contributed by atoms with Crippen molar-refractivity contribution in [3.05, 3.63) is 24.7 Å². The molecular formula is C31H52N6O4. The van der Waals surface area contributed by atoms with Crippen molar-refractivity contribution in [2.45, 2.75) is 117 Å². The molecule has 0 saturated carbocycles. The van der Waals surface area contributed by atoms with Gasteiger partial charge in [-0.15, -0.1) is 0 Å². The molecule has 2 aromatic heterocycles. The Bertz CT molecular complexity index is 1050. The predicted octanol–water partition coefficient (Wildman–Crippen LogP) is 5.74. The van der Waals surface area contributed by atoms with Crippen LogP contribution in [0, 0.1) is 11.8 Å². The molecule has 10 heteroatoms. The second kappa shape index (κ2) is 20.0. The number of hydrogen-bond acceptors (Lipinski definition) is 9. The number of esters is 2. The van der Waals surface area contributed by atoms with Crippen LogP contribution in [0.3, 0.4) is 0 Å². The molecule has 0 spiro atoms. The highest BCUT2D eigenvalue weighted by Crippen LogP contribution is 2.16. The number of rotatable bonds is 22. The molecule has 2 aromatic rings. The van der Waals surface area contributed by atoms with Crippen LogP contribution in [0.4, 0.5) is 5.95 Å². The smallest absolute Gasteiger partial charge is 0.323 e. The fraction of sp³-hybridized carbons (Fsp3) is 0.710. The molecule has 2 heterocycles. The SMILES string of the molecule is CCCCCC/C=C/CCCCCCCC(=O)OCC[C@@H](COC(=O)[C@@H](N)C(C)C)Cn1cnc2cnc(N)nc21. The van der Waals surface area contributed by atoms with Crippen LogP contribution in [0.5, 0.6) is 0 Å². The van der Waals surface area contributed by atoms with E-state index in [1.807, 2.05) is 18.4 Å². The highest BCUT2D eigenvalue weighted by molar-refractivity contribution is 5.75. The van der Waals surface area contributed by atoms with E-state index in [4.69, 9.17) is 20.9 Å². The number of nitrogens with two attached hydrogens (primary N) is 2. The molecule has 2 rings (SSSR count). The fourth-order valence-electron chi connectivity index (χ4n) is 4.47. The van der Waals surface area contributed by atoms with Crippen LogP contribution in [0.1, 0.15) is 104 Å². The summed E-state index contributed by atoms with van der Waals surface area (Å²) in [5, 5.41) is 0. The molecule has 0 aliphatic rings. The summed E-state index contributed by atoms with van der Waals surface area (Å²) in [6.45, 7) is 6.83. The van der Waals surface area contributed by atoms with Crippen molar-refractivity contribution in [1.82, 2.24) is 19.5 Å². The maximum Gasteiger partial charge on any atom is 0.323 e. The van der Waals surface area contributed by atoms with Gasteiger partial charge in [-0.05, 0) is 44.4 Å². The lowest BCUT2D eigenvalue weighted by Crippen LogP contribution is -2.38. The Kier molecular flexibility index (Phi) is 16.6. The molecule has 0 aromatic carbocycles. The second-order valence-corrected chi connectivity index (χ2v) is 11.2. The van der Waals surface area contributed by atoms with Crippen molar-refractivity contribution in [2.24, 2.45) is 17.6 Å². The minimum Gasteiger partial charge on any atom is -0.466 e. The van der Waals surface area contributed by atoms with Gasteiger partial charge in [-0.2, -0.15) is 4.98 Å². The fourth-order valence-corrected chi connectivity index (χ4v) is 4.47.